The van der Waals surface area contributed by atoms with E-state index in [0.717, 1.165) is 0 Å². The normalized spacial score (nSPS) is 10.6. The topological polar surface area (TPSA) is 55.6 Å². The standard InChI is InChI=1S/C11H14Cl2N2O2/c1-15(2)3-4-17-11(16)7-5-8(12)10(13)9(14)6-7/h5-6H,3-4,14H2,1-2H3. The molecule has 0 unspecified atom stereocenters. The van der Waals surface area contributed by atoms with Crippen molar-refractivity contribution < 1.29 is 9.53 Å². The molecule has 0 aliphatic rings. The Kier molecular flexibility index (Phi) is 5.05. The van der Waals surface area contributed by atoms with E-state index in [9.17, 15) is 4.79 Å². The lowest BCUT2D eigenvalue weighted by atomic mass is 10.2. The molecule has 4 nitrogen and oxygen atoms in total. The van der Waals surface area contributed by atoms with Gasteiger partial charge in [0, 0.05) is 6.54 Å². The highest BCUT2D eigenvalue weighted by Gasteiger charge is 2.12. The number of nitrogens with two attached hydrogens (primary N) is 1. The van der Waals surface area contributed by atoms with Gasteiger partial charge in [-0.25, -0.2) is 4.79 Å². The van der Waals surface area contributed by atoms with Gasteiger partial charge in [0.2, 0.25) is 0 Å². The molecule has 1 rings (SSSR count). The summed E-state index contributed by atoms with van der Waals surface area (Å²) < 4.78 is 5.05. The number of hydrogen-bond acceptors (Lipinski definition) is 4. The lowest BCUT2D eigenvalue weighted by Gasteiger charge is -2.10. The maximum Gasteiger partial charge on any atom is 0.338 e. The summed E-state index contributed by atoms with van der Waals surface area (Å²) in [6.45, 7) is 0.967. The van der Waals surface area contributed by atoms with Gasteiger partial charge in [0.15, 0.2) is 0 Å². The molecule has 0 bridgehead atoms. The Morgan fingerprint density at radius 3 is 2.59 bits per heavy atom. The van der Waals surface area contributed by atoms with Crippen LogP contribution in [0, 0.1) is 0 Å². The molecule has 0 fully saturated rings. The molecule has 17 heavy (non-hydrogen) atoms. The van der Waals surface area contributed by atoms with E-state index >= 15 is 0 Å². The summed E-state index contributed by atoms with van der Waals surface area (Å²) in [5.41, 5.74) is 6.17. The SMILES string of the molecule is CN(C)CCOC(=O)c1cc(N)c(Cl)c(Cl)c1. The molecule has 0 radical (unpaired) electrons. The molecule has 0 aromatic heterocycles. The van der Waals surface area contributed by atoms with Crippen LogP contribution >= 0.6 is 23.2 Å². The molecule has 0 spiro atoms. The van der Waals surface area contributed by atoms with Gasteiger partial charge in [0.25, 0.3) is 0 Å². The zero-order valence-electron chi connectivity index (χ0n) is 9.67. The predicted molar refractivity (Wildman–Crippen MR) is 69.7 cm³/mol. The summed E-state index contributed by atoms with van der Waals surface area (Å²) in [6.07, 6.45) is 0. The summed E-state index contributed by atoms with van der Waals surface area (Å²) in [5.74, 6) is -0.461. The maximum atomic E-state index is 11.6. The van der Waals surface area contributed by atoms with Gasteiger partial charge in [-0.15, -0.1) is 0 Å². The van der Waals surface area contributed by atoms with Gasteiger partial charge in [-0.2, -0.15) is 0 Å². The Morgan fingerprint density at radius 2 is 2.06 bits per heavy atom. The van der Waals surface area contributed by atoms with Gasteiger partial charge in [-0.3, -0.25) is 0 Å². The van der Waals surface area contributed by atoms with Crippen molar-refractivity contribution in [2.45, 2.75) is 0 Å². The van der Waals surface area contributed by atoms with E-state index < -0.39 is 5.97 Å². The van der Waals surface area contributed by atoms with Crippen LogP contribution < -0.4 is 5.73 Å². The van der Waals surface area contributed by atoms with Crippen molar-refractivity contribution in [2.24, 2.45) is 0 Å². The Morgan fingerprint density at radius 1 is 1.41 bits per heavy atom. The minimum atomic E-state index is -0.461. The summed E-state index contributed by atoms with van der Waals surface area (Å²) in [7, 11) is 3.79. The van der Waals surface area contributed by atoms with Crippen LogP contribution in [-0.2, 0) is 4.74 Å². The van der Waals surface area contributed by atoms with E-state index in [4.69, 9.17) is 33.7 Å². The first-order valence-electron chi connectivity index (χ1n) is 4.98. The number of halogens is 2. The van der Waals surface area contributed by atoms with E-state index in [1.54, 1.807) is 0 Å². The molecule has 94 valence electrons. The third-order valence-electron chi connectivity index (χ3n) is 2.06. The second-order valence-electron chi connectivity index (χ2n) is 3.80. The van der Waals surface area contributed by atoms with Crippen molar-refractivity contribution in [1.29, 1.82) is 0 Å². The summed E-state index contributed by atoms with van der Waals surface area (Å²) in [6, 6.07) is 2.89. The van der Waals surface area contributed by atoms with Crippen molar-refractivity contribution in [3.05, 3.63) is 27.7 Å². The number of benzene rings is 1. The predicted octanol–water partition coefficient (Wildman–Crippen LogP) is 2.29. The first kappa shape index (κ1) is 14.1. The van der Waals surface area contributed by atoms with Gasteiger partial charge in [0.05, 0.1) is 21.3 Å². The van der Waals surface area contributed by atoms with E-state index in [0.29, 0.717) is 18.7 Å². The van der Waals surface area contributed by atoms with Gasteiger partial charge in [-0.05, 0) is 26.2 Å². The molecular formula is C11H14Cl2N2O2. The third kappa shape index (κ3) is 4.07. The molecule has 6 heteroatoms. The molecule has 1 aromatic rings. The number of carbonyl (C=O) groups is 1. The second kappa shape index (κ2) is 6.10. The molecule has 0 aliphatic heterocycles. The molecule has 2 N–H and O–H groups in total. The number of anilines is 1. The fourth-order valence-corrected chi connectivity index (χ4v) is 1.47. The number of hydrogen-bond donors (Lipinski definition) is 1. The van der Waals surface area contributed by atoms with Crippen LogP contribution in [0.5, 0.6) is 0 Å². The number of rotatable bonds is 4. The van der Waals surface area contributed by atoms with Crippen molar-refractivity contribution >= 4 is 34.9 Å². The molecule has 0 amide bonds. The van der Waals surface area contributed by atoms with Crippen molar-refractivity contribution in [3.8, 4) is 0 Å². The van der Waals surface area contributed by atoms with E-state index in [-0.39, 0.29) is 15.7 Å². The Balaban J connectivity index is 2.70. The van der Waals surface area contributed by atoms with Crippen LogP contribution in [0.2, 0.25) is 10.0 Å². The smallest absolute Gasteiger partial charge is 0.338 e. The van der Waals surface area contributed by atoms with Crippen molar-refractivity contribution in [2.75, 3.05) is 33.0 Å². The number of esters is 1. The van der Waals surface area contributed by atoms with Crippen molar-refractivity contribution in [3.63, 3.8) is 0 Å². The van der Waals surface area contributed by atoms with Crippen LogP contribution in [0.1, 0.15) is 10.4 Å². The number of likely N-dealkylation sites (N-methyl/N-ethyl adjacent to an activating group) is 1. The first-order chi connectivity index (χ1) is 7.91. The van der Waals surface area contributed by atoms with Crippen LogP contribution in [-0.4, -0.2) is 38.1 Å². The van der Waals surface area contributed by atoms with Gasteiger partial charge in [-0.1, -0.05) is 23.2 Å². The molecule has 0 atom stereocenters. The minimum Gasteiger partial charge on any atom is -0.461 e. The first-order valence-corrected chi connectivity index (χ1v) is 5.73. The number of nitrogen functional groups attached to an aromatic ring is 1. The van der Waals surface area contributed by atoms with Crippen LogP contribution in [0.25, 0.3) is 0 Å². The number of nitrogens with zero attached hydrogens (tertiary/aromatic N) is 1. The van der Waals surface area contributed by atoms with Gasteiger partial charge in [0.1, 0.15) is 6.61 Å². The van der Waals surface area contributed by atoms with E-state index in [1.807, 2.05) is 19.0 Å². The van der Waals surface area contributed by atoms with Gasteiger partial charge < -0.3 is 15.4 Å². The molecule has 0 aliphatic carbocycles. The largest absolute Gasteiger partial charge is 0.461 e. The van der Waals surface area contributed by atoms with E-state index in [2.05, 4.69) is 0 Å². The average molecular weight is 277 g/mol. The summed E-state index contributed by atoms with van der Waals surface area (Å²) >= 11 is 11.6. The molecule has 0 saturated carbocycles. The van der Waals surface area contributed by atoms with Crippen molar-refractivity contribution in [1.82, 2.24) is 4.90 Å². The highest BCUT2D eigenvalue weighted by molar-refractivity contribution is 6.43. The Bertz CT molecular complexity index is 399. The maximum absolute atomic E-state index is 11.6. The third-order valence-corrected chi connectivity index (χ3v) is 2.88. The summed E-state index contributed by atoms with van der Waals surface area (Å²) in [4.78, 5) is 13.6. The van der Waals surface area contributed by atoms with Crippen LogP contribution in [0.3, 0.4) is 0 Å². The highest BCUT2D eigenvalue weighted by Crippen LogP contribution is 2.29. The fourth-order valence-electron chi connectivity index (χ4n) is 1.13. The Labute approximate surface area is 110 Å². The van der Waals surface area contributed by atoms with E-state index in [1.165, 1.54) is 12.1 Å². The monoisotopic (exact) mass is 276 g/mol. The Hall–Kier alpha value is -0.970. The lowest BCUT2D eigenvalue weighted by molar-refractivity contribution is 0.0482. The zero-order valence-corrected chi connectivity index (χ0v) is 11.2. The molecule has 0 saturated heterocycles. The minimum absolute atomic E-state index is 0.242. The summed E-state index contributed by atoms with van der Waals surface area (Å²) in [5, 5.41) is 0.489. The molecule has 1 aromatic carbocycles. The molecule has 0 heterocycles. The average Bonchev–Trinajstić information content (AvgIpc) is 2.24. The van der Waals surface area contributed by atoms with Gasteiger partial charge >= 0.3 is 5.97 Å². The molecular weight excluding hydrogens is 263 g/mol. The quantitative estimate of drug-likeness (QED) is 0.677. The number of ether oxygens (including phenoxy) is 1. The second-order valence-corrected chi connectivity index (χ2v) is 4.59. The number of carbonyl (C=O) groups excluding carboxylic acids is 1. The fraction of sp³-hybridized carbons (Fsp3) is 0.364. The van der Waals surface area contributed by atoms with Crippen LogP contribution in [0.4, 0.5) is 5.69 Å². The lowest BCUT2D eigenvalue weighted by Crippen LogP contribution is -2.20. The zero-order chi connectivity index (χ0) is 13.0. The van der Waals surface area contributed by atoms with Crippen LogP contribution in [0.15, 0.2) is 12.1 Å². The highest BCUT2D eigenvalue weighted by atomic mass is 35.5.